The summed E-state index contributed by atoms with van der Waals surface area (Å²) in [4.78, 5) is 13.9. The van der Waals surface area contributed by atoms with E-state index in [9.17, 15) is 4.79 Å². The smallest absolute Gasteiger partial charge is 0.222 e. The highest BCUT2D eigenvalue weighted by Crippen LogP contribution is 2.29. The largest absolute Gasteiger partial charge is 0.343 e. The number of rotatable bonds is 3. The molecule has 0 bridgehead atoms. The molecule has 1 amide bonds. The molecule has 16 heavy (non-hydrogen) atoms. The van der Waals surface area contributed by atoms with Gasteiger partial charge in [0.1, 0.15) is 0 Å². The minimum atomic E-state index is 0. The molecule has 0 unspecified atom stereocenters. The number of hydrogen-bond donors (Lipinski definition) is 1. The maximum Gasteiger partial charge on any atom is 0.222 e. The zero-order chi connectivity index (χ0) is 10.8. The van der Waals surface area contributed by atoms with Crippen molar-refractivity contribution in [3.05, 3.63) is 0 Å². The third kappa shape index (κ3) is 2.89. The Hall–Kier alpha value is -0.280. The molecule has 3 nitrogen and oxygen atoms in total. The summed E-state index contributed by atoms with van der Waals surface area (Å²) in [6, 6.07) is 0.791. The second kappa shape index (κ2) is 5.87. The topological polar surface area (TPSA) is 46.3 Å². The van der Waals surface area contributed by atoms with Crippen LogP contribution in [0.4, 0.5) is 0 Å². The summed E-state index contributed by atoms with van der Waals surface area (Å²) in [6.45, 7) is 0. The normalized spacial score (nSPS) is 29.4. The number of halogens is 1. The highest BCUT2D eigenvalue weighted by molar-refractivity contribution is 5.85. The molecule has 2 aliphatic carbocycles. The van der Waals surface area contributed by atoms with E-state index in [2.05, 4.69) is 0 Å². The van der Waals surface area contributed by atoms with Crippen molar-refractivity contribution >= 4 is 18.3 Å². The van der Waals surface area contributed by atoms with E-state index in [4.69, 9.17) is 5.73 Å². The monoisotopic (exact) mass is 246 g/mol. The van der Waals surface area contributed by atoms with Crippen molar-refractivity contribution in [1.82, 2.24) is 4.90 Å². The molecule has 0 heterocycles. The van der Waals surface area contributed by atoms with Gasteiger partial charge < -0.3 is 10.6 Å². The first-order valence-corrected chi connectivity index (χ1v) is 6.19. The van der Waals surface area contributed by atoms with Gasteiger partial charge >= 0.3 is 0 Å². The van der Waals surface area contributed by atoms with Crippen molar-refractivity contribution in [2.45, 2.75) is 57.0 Å². The van der Waals surface area contributed by atoms with Gasteiger partial charge in [-0.3, -0.25) is 4.79 Å². The van der Waals surface area contributed by atoms with Crippen LogP contribution in [0.2, 0.25) is 0 Å². The molecule has 0 aromatic heterocycles. The Morgan fingerprint density at radius 2 is 1.88 bits per heavy atom. The Morgan fingerprint density at radius 1 is 1.25 bits per heavy atom. The summed E-state index contributed by atoms with van der Waals surface area (Å²) >= 11 is 0. The van der Waals surface area contributed by atoms with Crippen molar-refractivity contribution < 1.29 is 4.79 Å². The third-order valence-corrected chi connectivity index (χ3v) is 4.17. The lowest BCUT2D eigenvalue weighted by atomic mass is 9.91. The molecule has 2 rings (SSSR count). The maximum atomic E-state index is 11.9. The summed E-state index contributed by atoms with van der Waals surface area (Å²) in [5.41, 5.74) is 5.98. The Kier molecular flexibility index (Phi) is 5.06. The van der Waals surface area contributed by atoms with Crippen LogP contribution in [-0.2, 0) is 4.79 Å². The van der Waals surface area contributed by atoms with Crippen LogP contribution in [0.5, 0.6) is 0 Å². The number of nitrogens with two attached hydrogens (primary N) is 1. The van der Waals surface area contributed by atoms with Crippen molar-refractivity contribution in [1.29, 1.82) is 0 Å². The fourth-order valence-electron chi connectivity index (χ4n) is 2.66. The first-order chi connectivity index (χ1) is 7.18. The van der Waals surface area contributed by atoms with Gasteiger partial charge in [-0.15, -0.1) is 12.4 Å². The van der Waals surface area contributed by atoms with E-state index in [1.165, 1.54) is 25.7 Å². The van der Waals surface area contributed by atoms with E-state index in [1.807, 2.05) is 11.9 Å². The van der Waals surface area contributed by atoms with Crippen LogP contribution in [0, 0.1) is 5.92 Å². The van der Waals surface area contributed by atoms with Gasteiger partial charge in [0.25, 0.3) is 0 Å². The zero-order valence-corrected chi connectivity index (χ0v) is 10.8. The number of hydrogen-bond acceptors (Lipinski definition) is 2. The number of amides is 1. The van der Waals surface area contributed by atoms with Gasteiger partial charge in [0.05, 0.1) is 0 Å². The lowest BCUT2D eigenvalue weighted by molar-refractivity contribution is -0.134. The Bertz CT molecular complexity index is 243. The van der Waals surface area contributed by atoms with Gasteiger partial charge in [0.15, 0.2) is 0 Å². The molecule has 0 aliphatic heterocycles. The van der Waals surface area contributed by atoms with E-state index in [1.54, 1.807) is 0 Å². The van der Waals surface area contributed by atoms with E-state index in [-0.39, 0.29) is 18.4 Å². The molecule has 0 aromatic carbocycles. The molecule has 2 saturated carbocycles. The Morgan fingerprint density at radius 3 is 2.31 bits per heavy atom. The summed E-state index contributed by atoms with van der Waals surface area (Å²) in [5.74, 6) is 0.752. The van der Waals surface area contributed by atoms with Gasteiger partial charge in [0, 0.05) is 25.6 Å². The molecule has 0 spiro atoms. The van der Waals surface area contributed by atoms with Crippen LogP contribution in [-0.4, -0.2) is 29.9 Å². The van der Waals surface area contributed by atoms with Crippen LogP contribution < -0.4 is 5.73 Å². The highest BCUT2D eigenvalue weighted by Gasteiger charge is 2.30. The minimum absolute atomic E-state index is 0. The second-order valence-electron chi connectivity index (χ2n) is 5.15. The van der Waals surface area contributed by atoms with Crippen LogP contribution >= 0.6 is 12.4 Å². The van der Waals surface area contributed by atoms with E-state index in [0.717, 1.165) is 12.8 Å². The first kappa shape index (κ1) is 13.8. The average Bonchev–Trinajstić information content (AvgIpc) is 2.49. The van der Waals surface area contributed by atoms with Crippen molar-refractivity contribution in [3.63, 3.8) is 0 Å². The third-order valence-electron chi connectivity index (χ3n) is 4.17. The quantitative estimate of drug-likeness (QED) is 0.827. The molecule has 2 atom stereocenters. The van der Waals surface area contributed by atoms with Crippen LogP contribution in [0.15, 0.2) is 0 Å². The van der Waals surface area contributed by atoms with Gasteiger partial charge in [0.2, 0.25) is 5.91 Å². The minimum Gasteiger partial charge on any atom is -0.343 e. The SMILES string of the molecule is CN(C(=O)C[C@@H]1CCC[C@H]1N)C1CCC1.Cl. The second-order valence-corrected chi connectivity index (χ2v) is 5.15. The molecule has 2 aliphatic rings. The van der Waals surface area contributed by atoms with Gasteiger partial charge in [-0.25, -0.2) is 0 Å². The molecular weight excluding hydrogens is 224 g/mol. The fourth-order valence-corrected chi connectivity index (χ4v) is 2.66. The predicted molar refractivity (Wildman–Crippen MR) is 67.6 cm³/mol. The maximum absolute atomic E-state index is 11.9. The summed E-state index contributed by atoms with van der Waals surface area (Å²) in [7, 11) is 1.95. The number of carbonyl (C=O) groups excluding carboxylic acids is 1. The van der Waals surface area contributed by atoms with Gasteiger partial charge in [-0.05, 0) is 38.0 Å². The van der Waals surface area contributed by atoms with Crippen molar-refractivity contribution in [2.24, 2.45) is 11.7 Å². The predicted octanol–water partition coefficient (Wildman–Crippen LogP) is 1.94. The van der Waals surface area contributed by atoms with Crippen molar-refractivity contribution in [2.75, 3.05) is 7.05 Å². The summed E-state index contributed by atoms with van der Waals surface area (Å²) in [6.07, 6.45) is 7.79. The molecule has 0 radical (unpaired) electrons. The van der Waals surface area contributed by atoms with Crippen molar-refractivity contribution in [3.8, 4) is 0 Å². The molecule has 2 N–H and O–H groups in total. The molecule has 94 valence electrons. The Labute approximate surface area is 104 Å². The first-order valence-electron chi connectivity index (χ1n) is 6.19. The zero-order valence-electron chi connectivity index (χ0n) is 10.0. The van der Waals surface area contributed by atoms with Crippen LogP contribution in [0.1, 0.15) is 44.9 Å². The van der Waals surface area contributed by atoms with E-state index in [0.29, 0.717) is 24.3 Å². The molecular formula is C12H23ClN2O. The van der Waals surface area contributed by atoms with Crippen LogP contribution in [0.3, 0.4) is 0 Å². The number of nitrogens with zero attached hydrogens (tertiary/aromatic N) is 1. The molecule has 4 heteroatoms. The molecule has 0 saturated heterocycles. The van der Waals surface area contributed by atoms with Gasteiger partial charge in [-0.2, -0.15) is 0 Å². The highest BCUT2D eigenvalue weighted by atomic mass is 35.5. The van der Waals surface area contributed by atoms with Gasteiger partial charge in [-0.1, -0.05) is 6.42 Å². The summed E-state index contributed by atoms with van der Waals surface area (Å²) in [5, 5.41) is 0. The van der Waals surface area contributed by atoms with E-state index < -0.39 is 0 Å². The molecule has 2 fully saturated rings. The Balaban J connectivity index is 0.00000128. The standard InChI is InChI=1S/C12H22N2O.ClH/c1-14(10-5-3-6-10)12(15)8-9-4-2-7-11(9)13;/h9-11H,2-8,13H2,1H3;1H/t9-,11+;/m0./s1. The lowest BCUT2D eigenvalue weighted by Gasteiger charge is -2.35. The number of carbonyl (C=O) groups is 1. The average molecular weight is 247 g/mol. The fraction of sp³-hybridized carbons (Fsp3) is 0.917. The van der Waals surface area contributed by atoms with Crippen LogP contribution in [0.25, 0.3) is 0 Å². The van der Waals surface area contributed by atoms with E-state index >= 15 is 0 Å². The summed E-state index contributed by atoms with van der Waals surface area (Å²) < 4.78 is 0. The lowest BCUT2D eigenvalue weighted by Crippen LogP contribution is -2.42. The molecule has 0 aromatic rings.